The minimum atomic E-state index is -4.61. The van der Waals surface area contributed by atoms with Crippen molar-refractivity contribution in [3.05, 3.63) is 48.0 Å². The molecule has 1 aromatic heterocycles. The first-order valence-corrected chi connectivity index (χ1v) is 11.5. The Morgan fingerprint density at radius 2 is 1.89 bits per heavy atom. The molecule has 1 unspecified atom stereocenters. The molecule has 0 saturated heterocycles. The lowest BCUT2D eigenvalue weighted by molar-refractivity contribution is -0.00725. The number of nitrogens with zero attached hydrogens (tertiary/aromatic N) is 1. The first-order chi connectivity index (χ1) is 13.4. The minimum Gasteiger partial charge on any atom is -0.494 e. The lowest BCUT2D eigenvalue weighted by Gasteiger charge is -2.34. The average molecular weight is 421 g/mol. The van der Waals surface area contributed by atoms with Gasteiger partial charge in [0.05, 0.1) is 11.8 Å². The maximum atomic E-state index is 12.5. The number of ether oxygens (including phenoxy) is 2. The zero-order chi connectivity index (χ0) is 20.4. The number of methoxy groups -OCH3 is 1. The molecule has 0 aliphatic carbocycles. The summed E-state index contributed by atoms with van der Waals surface area (Å²) in [5, 5.41) is -0.889. The topological polar surface area (TPSA) is 88.9 Å². The fourth-order valence-electron chi connectivity index (χ4n) is 3.20. The predicted molar refractivity (Wildman–Crippen MR) is 112 cm³/mol. The molecule has 2 aromatic carbocycles. The number of benzene rings is 2. The Labute approximate surface area is 168 Å². The second kappa shape index (κ2) is 8.31. The van der Waals surface area contributed by atoms with Crippen molar-refractivity contribution in [2.75, 3.05) is 13.7 Å². The van der Waals surface area contributed by atoms with Gasteiger partial charge in [-0.3, -0.25) is 4.57 Å². The van der Waals surface area contributed by atoms with E-state index in [0.717, 1.165) is 15.3 Å². The lowest BCUT2D eigenvalue weighted by atomic mass is 10.1. The number of hydrogen-bond donors (Lipinski definition) is 2. The zero-order valence-electron chi connectivity index (χ0n) is 16.1. The summed E-state index contributed by atoms with van der Waals surface area (Å²) in [6, 6.07) is 13.2. The van der Waals surface area contributed by atoms with E-state index in [9.17, 15) is 14.4 Å². The predicted octanol–water partition coefficient (Wildman–Crippen LogP) is 5.14. The third-order valence-corrected chi connectivity index (χ3v) is 7.34. The quantitative estimate of drug-likeness (QED) is 0.490. The molecule has 150 valence electrons. The summed E-state index contributed by atoms with van der Waals surface area (Å²) in [5.41, 5.74) is 2.05. The van der Waals surface area contributed by atoms with Gasteiger partial charge in [0.1, 0.15) is 16.3 Å². The van der Waals surface area contributed by atoms with Crippen molar-refractivity contribution >= 4 is 29.1 Å². The van der Waals surface area contributed by atoms with E-state index in [0.29, 0.717) is 23.3 Å². The molecule has 3 aromatic rings. The number of aromatic nitrogens is 1. The van der Waals surface area contributed by atoms with Crippen LogP contribution in [0.2, 0.25) is 0 Å². The van der Waals surface area contributed by atoms with Gasteiger partial charge >= 0.3 is 7.60 Å². The highest BCUT2D eigenvalue weighted by atomic mass is 32.1. The van der Waals surface area contributed by atoms with E-state index in [1.807, 2.05) is 37.3 Å². The van der Waals surface area contributed by atoms with Gasteiger partial charge in [-0.05, 0) is 25.0 Å². The molecular weight excluding hydrogens is 397 g/mol. The van der Waals surface area contributed by atoms with Crippen LogP contribution < -0.4 is 4.74 Å². The summed E-state index contributed by atoms with van der Waals surface area (Å²) in [5.74, 6) is 0.470. The molecule has 0 fully saturated rings. The van der Waals surface area contributed by atoms with E-state index < -0.39 is 12.9 Å². The summed E-state index contributed by atoms with van der Waals surface area (Å²) in [7, 11) is -3.09. The molecule has 6 nitrogen and oxygen atoms in total. The minimum absolute atomic E-state index is 0.135. The average Bonchev–Trinajstić information content (AvgIpc) is 3.12. The van der Waals surface area contributed by atoms with Crippen molar-refractivity contribution in [1.29, 1.82) is 0 Å². The molecule has 2 N–H and O–H groups in total. The van der Waals surface area contributed by atoms with Crippen LogP contribution in [-0.4, -0.2) is 28.5 Å². The molecule has 1 atom stereocenters. The van der Waals surface area contributed by atoms with E-state index in [-0.39, 0.29) is 13.0 Å². The second-order valence-electron chi connectivity index (χ2n) is 6.44. The smallest absolute Gasteiger partial charge is 0.361 e. The van der Waals surface area contributed by atoms with Gasteiger partial charge in [0.25, 0.3) is 0 Å². The lowest BCUT2D eigenvalue weighted by Crippen LogP contribution is -2.29. The SMILES string of the molecule is CCCOC(CC)(c1cc(OC)c2nc(-c3ccccc3)sc2c1)P(=O)(O)O. The third-order valence-electron chi connectivity index (χ3n) is 4.65. The fourth-order valence-corrected chi connectivity index (χ4v) is 5.37. The number of hydrogen-bond acceptors (Lipinski definition) is 5. The van der Waals surface area contributed by atoms with Crippen LogP contribution in [0.5, 0.6) is 5.75 Å². The largest absolute Gasteiger partial charge is 0.494 e. The summed E-state index contributed by atoms with van der Waals surface area (Å²) in [4.78, 5) is 25.0. The van der Waals surface area contributed by atoms with Crippen LogP contribution in [-0.2, 0) is 14.6 Å². The van der Waals surface area contributed by atoms with E-state index >= 15 is 0 Å². The number of fused-ring (bicyclic) bond motifs is 1. The van der Waals surface area contributed by atoms with Crippen LogP contribution in [0, 0.1) is 0 Å². The van der Waals surface area contributed by atoms with Gasteiger partial charge in [-0.2, -0.15) is 0 Å². The summed E-state index contributed by atoms with van der Waals surface area (Å²) in [6.07, 6.45) is 0.788. The fraction of sp³-hybridized carbons (Fsp3) is 0.350. The second-order valence-corrected chi connectivity index (χ2v) is 9.28. The first-order valence-electron chi connectivity index (χ1n) is 9.10. The van der Waals surface area contributed by atoms with Crippen molar-refractivity contribution in [2.24, 2.45) is 0 Å². The molecule has 3 rings (SSSR count). The van der Waals surface area contributed by atoms with Gasteiger partial charge < -0.3 is 19.3 Å². The van der Waals surface area contributed by atoms with Gasteiger partial charge in [0.2, 0.25) is 0 Å². The highest BCUT2D eigenvalue weighted by Crippen LogP contribution is 2.60. The maximum Gasteiger partial charge on any atom is 0.361 e. The van der Waals surface area contributed by atoms with Gasteiger partial charge in [-0.25, -0.2) is 4.98 Å². The van der Waals surface area contributed by atoms with Crippen LogP contribution in [0.15, 0.2) is 42.5 Å². The van der Waals surface area contributed by atoms with Crippen molar-refractivity contribution in [3.8, 4) is 16.3 Å². The van der Waals surface area contributed by atoms with Crippen LogP contribution >= 0.6 is 18.9 Å². The zero-order valence-corrected chi connectivity index (χ0v) is 17.8. The Kier molecular flexibility index (Phi) is 6.22. The van der Waals surface area contributed by atoms with Crippen LogP contribution in [0.4, 0.5) is 0 Å². The Hall–Kier alpha value is -1.76. The summed E-state index contributed by atoms with van der Waals surface area (Å²) in [6.45, 7) is 3.87. The van der Waals surface area contributed by atoms with Crippen LogP contribution in [0.3, 0.4) is 0 Å². The number of thiazole rings is 1. The molecule has 0 saturated carbocycles. The molecule has 0 spiro atoms. The van der Waals surface area contributed by atoms with Gasteiger partial charge in [-0.15, -0.1) is 11.3 Å². The molecule has 0 amide bonds. The van der Waals surface area contributed by atoms with E-state index in [1.165, 1.54) is 18.4 Å². The maximum absolute atomic E-state index is 12.5. The van der Waals surface area contributed by atoms with E-state index in [4.69, 9.17) is 9.47 Å². The monoisotopic (exact) mass is 421 g/mol. The molecule has 1 heterocycles. The highest BCUT2D eigenvalue weighted by Gasteiger charge is 2.48. The van der Waals surface area contributed by atoms with Crippen LogP contribution in [0.25, 0.3) is 20.8 Å². The van der Waals surface area contributed by atoms with Crippen molar-refractivity contribution in [3.63, 3.8) is 0 Å². The van der Waals surface area contributed by atoms with E-state index in [2.05, 4.69) is 4.98 Å². The Morgan fingerprint density at radius 1 is 1.18 bits per heavy atom. The molecule has 28 heavy (non-hydrogen) atoms. The third kappa shape index (κ3) is 3.73. The molecule has 8 heteroatoms. The highest BCUT2D eigenvalue weighted by molar-refractivity contribution is 7.52. The summed E-state index contributed by atoms with van der Waals surface area (Å²) < 4.78 is 24.6. The molecule has 0 aliphatic heterocycles. The van der Waals surface area contributed by atoms with Crippen molar-refractivity contribution in [1.82, 2.24) is 4.98 Å². The van der Waals surface area contributed by atoms with Crippen molar-refractivity contribution < 1.29 is 23.8 Å². The van der Waals surface area contributed by atoms with E-state index in [1.54, 1.807) is 19.1 Å². The first kappa shape index (κ1) is 21.0. The molecule has 0 aliphatic rings. The molecule has 0 radical (unpaired) electrons. The van der Waals surface area contributed by atoms with Gasteiger partial charge in [0.15, 0.2) is 5.34 Å². The van der Waals surface area contributed by atoms with Gasteiger partial charge in [-0.1, -0.05) is 44.2 Å². The molecular formula is C20H24NO5PS. The number of rotatable bonds is 8. The Morgan fingerprint density at radius 3 is 2.46 bits per heavy atom. The Bertz CT molecular complexity index is 1000. The van der Waals surface area contributed by atoms with Gasteiger partial charge in [0, 0.05) is 17.7 Å². The standard InChI is InChI=1S/C20H24NO5PS/c1-4-11-26-20(5-2,27(22,23)24)15-12-16(25-3)18-17(13-15)28-19(21-18)14-9-7-6-8-10-14/h6-10,12-13H,4-5,11H2,1-3H3,(H2,22,23,24). The summed E-state index contributed by atoms with van der Waals surface area (Å²) >= 11 is 1.46. The van der Waals surface area contributed by atoms with Crippen molar-refractivity contribution in [2.45, 2.75) is 32.0 Å². The molecule has 0 bridgehead atoms. The van der Waals surface area contributed by atoms with Crippen LogP contribution in [0.1, 0.15) is 32.3 Å². The Balaban J connectivity index is 2.22. The normalized spacial score (nSPS) is 14.2.